The Bertz CT molecular complexity index is 1680. The number of amides is 1. The van der Waals surface area contributed by atoms with Crippen molar-refractivity contribution in [3.8, 4) is 17.2 Å². The summed E-state index contributed by atoms with van der Waals surface area (Å²) in [5, 5.41) is 3.93. The molecule has 2 heterocycles. The number of nitrogens with one attached hydrogen (secondary N) is 2. The van der Waals surface area contributed by atoms with E-state index in [-0.39, 0.29) is 11.3 Å². The molecule has 2 aromatic carbocycles. The van der Waals surface area contributed by atoms with Crippen molar-refractivity contribution < 1.29 is 18.5 Å². The van der Waals surface area contributed by atoms with Crippen LogP contribution in [0.15, 0.2) is 54.7 Å². The Hall–Kier alpha value is -3.89. The molecule has 0 radical (unpaired) electrons. The van der Waals surface area contributed by atoms with Crippen molar-refractivity contribution in [1.82, 2.24) is 14.5 Å². The third kappa shape index (κ3) is 8.67. The average molecular weight is 648 g/mol. The second-order valence-electron chi connectivity index (χ2n) is 12.7. The number of ether oxygens (including phenoxy) is 2. The Kier molecular flexibility index (Phi) is 11.9. The van der Waals surface area contributed by atoms with E-state index in [0.29, 0.717) is 34.3 Å². The van der Waals surface area contributed by atoms with Gasteiger partial charge in [-0.05, 0) is 67.2 Å². The molecule has 9 nitrogen and oxygen atoms in total. The number of aryl methyl sites for hydroxylation is 1. The number of pyridine rings is 1. The maximum absolute atomic E-state index is 13.8. The van der Waals surface area contributed by atoms with Gasteiger partial charge < -0.3 is 24.1 Å². The lowest BCUT2D eigenvalue weighted by atomic mass is 9.86. The molecule has 2 aromatic heterocycles. The van der Waals surface area contributed by atoms with Crippen LogP contribution < -0.4 is 19.5 Å². The highest BCUT2D eigenvalue weighted by molar-refractivity contribution is 7.85. The molecule has 0 aliphatic heterocycles. The van der Waals surface area contributed by atoms with E-state index < -0.39 is 11.0 Å². The van der Waals surface area contributed by atoms with Crippen molar-refractivity contribution in [1.29, 1.82) is 0 Å². The molecule has 1 atom stereocenters. The van der Waals surface area contributed by atoms with E-state index in [0.717, 1.165) is 48.2 Å². The van der Waals surface area contributed by atoms with Gasteiger partial charge in [-0.25, -0.2) is 4.21 Å². The maximum Gasteiger partial charge on any atom is 0.272 e. The minimum atomic E-state index is -1.33. The van der Waals surface area contributed by atoms with Gasteiger partial charge in [0.15, 0.2) is 11.5 Å². The third-order valence-corrected chi connectivity index (χ3v) is 8.44. The summed E-state index contributed by atoms with van der Waals surface area (Å²) in [6, 6.07) is 15.3. The van der Waals surface area contributed by atoms with Crippen LogP contribution in [-0.2, 0) is 30.0 Å². The van der Waals surface area contributed by atoms with E-state index in [1.165, 1.54) is 26.4 Å². The summed E-state index contributed by atoms with van der Waals surface area (Å²) in [6.07, 6.45) is 8.06. The second-order valence-corrected chi connectivity index (χ2v) is 13.8. The van der Waals surface area contributed by atoms with Gasteiger partial charge in [0.05, 0.1) is 29.7 Å². The Labute approximate surface area is 276 Å². The van der Waals surface area contributed by atoms with E-state index in [4.69, 9.17) is 9.47 Å². The van der Waals surface area contributed by atoms with Crippen LogP contribution in [0.2, 0.25) is 0 Å². The van der Waals surface area contributed by atoms with E-state index >= 15 is 0 Å². The van der Waals surface area contributed by atoms with Crippen molar-refractivity contribution in [3.63, 3.8) is 0 Å². The van der Waals surface area contributed by atoms with E-state index in [1.54, 1.807) is 12.5 Å². The molecule has 0 aliphatic rings. The number of aromatic nitrogens is 2. The molecule has 0 spiro atoms. The number of benzene rings is 2. The Balaban J connectivity index is 1.62. The molecule has 1 amide bonds. The molecule has 4 rings (SSSR count). The normalized spacial score (nSPS) is 12.4. The predicted molar refractivity (Wildman–Crippen MR) is 190 cm³/mol. The first kappa shape index (κ1) is 35.0. The van der Waals surface area contributed by atoms with Crippen LogP contribution in [0, 0.1) is 0 Å². The Morgan fingerprint density at radius 3 is 2.46 bits per heavy atom. The molecule has 10 heteroatoms. The first-order chi connectivity index (χ1) is 21.9. The van der Waals surface area contributed by atoms with Crippen molar-refractivity contribution in [2.45, 2.75) is 72.3 Å². The molecule has 0 saturated heterocycles. The molecule has 0 aliphatic carbocycles. The zero-order chi connectivity index (χ0) is 33.4. The molecule has 0 fully saturated rings. The number of hydrogen-bond donors (Lipinski definition) is 2. The van der Waals surface area contributed by atoms with Gasteiger partial charge in [-0.15, -0.1) is 0 Å². The molecule has 0 saturated carbocycles. The van der Waals surface area contributed by atoms with Crippen LogP contribution in [0.1, 0.15) is 82.0 Å². The zero-order valence-electron chi connectivity index (χ0n) is 28.5. The fourth-order valence-corrected chi connectivity index (χ4v) is 6.07. The second kappa shape index (κ2) is 15.6. The number of fused-ring (bicyclic) bond motifs is 1. The SMILES string of the molecule is CCCCCN(CCC)Cc1cc(Oc2cccc3cc(C(=O)Nc4cc(C(C)(C)C)cc(NS(C)=O)c4OC)n(C)c23)ccn1. The van der Waals surface area contributed by atoms with Crippen LogP contribution in [-0.4, -0.2) is 51.0 Å². The Morgan fingerprint density at radius 1 is 1.02 bits per heavy atom. The molecule has 4 aromatic rings. The summed E-state index contributed by atoms with van der Waals surface area (Å²) in [5.41, 5.74) is 4.01. The van der Waals surface area contributed by atoms with Crippen molar-refractivity contribution in [2.24, 2.45) is 7.05 Å². The molecular formula is C36H49N5O4S. The number of methoxy groups -OCH3 is 1. The molecule has 0 bridgehead atoms. The Morgan fingerprint density at radius 2 is 1.78 bits per heavy atom. The quantitative estimate of drug-likeness (QED) is 0.127. The monoisotopic (exact) mass is 647 g/mol. The third-order valence-electron chi connectivity index (χ3n) is 7.93. The van der Waals surface area contributed by atoms with Gasteiger partial charge in [-0.1, -0.05) is 59.6 Å². The smallest absolute Gasteiger partial charge is 0.272 e. The van der Waals surface area contributed by atoms with Gasteiger partial charge in [0, 0.05) is 37.5 Å². The standard InChI is InChI=1S/C36H49N5O4S/c1-9-11-12-19-41(18-10-2)24-27-23-28(16-17-37-27)45-32-15-13-14-25-20-31(40(6)33(25)32)35(42)38-29-21-26(36(3,4)5)22-30(34(29)44-7)39-46(8)43/h13-17,20-23,39H,9-12,18-19,24H2,1-8H3,(H,38,42). The lowest BCUT2D eigenvalue weighted by Crippen LogP contribution is -2.25. The molecular weight excluding hydrogens is 598 g/mol. The maximum atomic E-state index is 13.8. The highest BCUT2D eigenvalue weighted by Gasteiger charge is 2.23. The number of para-hydroxylation sites is 1. The van der Waals surface area contributed by atoms with Gasteiger partial charge in [-0.3, -0.25) is 14.7 Å². The van der Waals surface area contributed by atoms with Crippen LogP contribution in [0.4, 0.5) is 11.4 Å². The number of carbonyl (C=O) groups is 1. The summed E-state index contributed by atoms with van der Waals surface area (Å²) in [7, 11) is 2.06. The number of carbonyl (C=O) groups excluding carboxylic acids is 1. The van der Waals surface area contributed by atoms with Crippen LogP contribution in [0.3, 0.4) is 0 Å². The number of anilines is 2. The fourth-order valence-electron chi connectivity index (χ4n) is 5.60. The van der Waals surface area contributed by atoms with E-state index in [1.807, 2.05) is 60.1 Å². The van der Waals surface area contributed by atoms with Gasteiger partial charge in [0.2, 0.25) is 0 Å². The number of nitrogens with zero attached hydrogens (tertiary/aromatic N) is 3. The summed E-state index contributed by atoms with van der Waals surface area (Å²) in [6.45, 7) is 13.6. The van der Waals surface area contributed by atoms with Gasteiger partial charge >= 0.3 is 0 Å². The lowest BCUT2D eigenvalue weighted by molar-refractivity contribution is 0.101. The largest absolute Gasteiger partial charge is 0.492 e. The van der Waals surface area contributed by atoms with Crippen molar-refractivity contribution in [3.05, 3.63) is 71.7 Å². The van der Waals surface area contributed by atoms with Crippen molar-refractivity contribution >= 4 is 39.2 Å². The van der Waals surface area contributed by atoms with Crippen LogP contribution in [0.25, 0.3) is 10.9 Å². The lowest BCUT2D eigenvalue weighted by Gasteiger charge is -2.24. The molecule has 248 valence electrons. The number of rotatable bonds is 15. The highest BCUT2D eigenvalue weighted by Crippen LogP contribution is 2.39. The summed E-state index contributed by atoms with van der Waals surface area (Å²) in [5.74, 6) is 1.46. The van der Waals surface area contributed by atoms with E-state index in [9.17, 15) is 9.00 Å². The molecule has 46 heavy (non-hydrogen) atoms. The number of hydrogen-bond acceptors (Lipinski definition) is 6. The van der Waals surface area contributed by atoms with Gasteiger partial charge in [-0.2, -0.15) is 0 Å². The summed E-state index contributed by atoms with van der Waals surface area (Å²) >= 11 is 0. The van der Waals surface area contributed by atoms with Gasteiger partial charge in [0.1, 0.15) is 22.4 Å². The van der Waals surface area contributed by atoms with Crippen molar-refractivity contribution in [2.75, 3.05) is 36.5 Å². The van der Waals surface area contributed by atoms with Crippen LogP contribution in [0.5, 0.6) is 17.2 Å². The minimum Gasteiger partial charge on any atom is -0.492 e. The van der Waals surface area contributed by atoms with E-state index in [2.05, 4.69) is 54.5 Å². The molecule has 2 N–H and O–H groups in total. The fraction of sp³-hybridized carbons (Fsp3) is 0.444. The topological polar surface area (TPSA) is 97.7 Å². The zero-order valence-corrected chi connectivity index (χ0v) is 29.3. The first-order valence-electron chi connectivity index (χ1n) is 16.0. The minimum absolute atomic E-state index is 0.223. The first-order valence-corrected chi connectivity index (χ1v) is 17.6. The predicted octanol–water partition coefficient (Wildman–Crippen LogP) is 8.03. The highest BCUT2D eigenvalue weighted by atomic mass is 32.2. The molecule has 1 unspecified atom stereocenters. The number of unbranched alkanes of at least 4 members (excludes halogenated alkanes) is 2. The average Bonchev–Trinajstić information content (AvgIpc) is 3.34. The van der Waals surface area contributed by atoms with Crippen LogP contribution >= 0.6 is 0 Å². The summed E-state index contributed by atoms with van der Waals surface area (Å²) in [4.78, 5) is 20.9. The summed E-state index contributed by atoms with van der Waals surface area (Å²) < 4.78 is 29.0. The van der Waals surface area contributed by atoms with Gasteiger partial charge in [0.25, 0.3) is 5.91 Å².